The predicted octanol–water partition coefficient (Wildman–Crippen LogP) is 3.14. The number of ether oxygens (including phenoxy) is 4. The van der Waals surface area contributed by atoms with Crippen LogP contribution in [-0.4, -0.2) is 101 Å². The van der Waals surface area contributed by atoms with Crippen LogP contribution in [0.5, 0.6) is 5.75 Å². The fourth-order valence-corrected chi connectivity index (χ4v) is 4.25. The maximum Gasteiger partial charge on any atom is 0.410 e. The van der Waals surface area contributed by atoms with Gasteiger partial charge in [0.25, 0.3) is 0 Å². The first kappa shape index (κ1) is 29.2. The molecule has 3 aromatic rings. The second-order valence-corrected chi connectivity index (χ2v) is 10.5. The lowest BCUT2D eigenvalue weighted by Crippen LogP contribution is -2.50. The highest BCUT2D eigenvalue weighted by molar-refractivity contribution is 5.78. The Kier molecular flexibility index (Phi) is 9.91. The zero-order valence-electron chi connectivity index (χ0n) is 23.7. The third kappa shape index (κ3) is 8.13. The summed E-state index contributed by atoms with van der Waals surface area (Å²) in [6, 6.07) is 9.45. The first-order chi connectivity index (χ1) is 19.2. The number of rotatable bonds is 11. The highest BCUT2D eigenvalue weighted by atomic mass is 16.7. The van der Waals surface area contributed by atoms with Crippen molar-refractivity contribution in [1.82, 2.24) is 29.8 Å². The summed E-state index contributed by atoms with van der Waals surface area (Å²) < 4.78 is 23.9. The van der Waals surface area contributed by atoms with Gasteiger partial charge in [0, 0.05) is 62.7 Å². The van der Waals surface area contributed by atoms with Crippen molar-refractivity contribution >= 4 is 11.9 Å². The zero-order chi connectivity index (χ0) is 28.5. The number of piperazine rings is 1. The molecule has 216 valence electrons. The average Bonchev–Trinajstić information content (AvgIpc) is 3.40. The van der Waals surface area contributed by atoms with Crippen LogP contribution >= 0.6 is 0 Å². The summed E-state index contributed by atoms with van der Waals surface area (Å²) in [6.07, 6.45) is 3.43. The Morgan fingerprint density at radius 2 is 1.77 bits per heavy atom. The number of amides is 1. The molecular formula is C28H39N7O5. The van der Waals surface area contributed by atoms with Gasteiger partial charge in [-0.15, -0.1) is 10.2 Å². The van der Waals surface area contributed by atoms with E-state index in [4.69, 9.17) is 24.7 Å². The van der Waals surface area contributed by atoms with E-state index < -0.39 is 5.60 Å². The Morgan fingerprint density at radius 3 is 2.52 bits per heavy atom. The van der Waals surface area contributed by atoms with Gasteiger partial charge < -0.3 is 29.6 Å². The molecule has 1 amide bonds. The Bertz CT molecular complexity index is 1250. The van der Waals surface area contributed by atoms with E-state index in [-0.39, 0.29) is 12.9 Å². The summed E-state index contributed by atoms with van der Waals surface area (Å²) in [4.78, 5) is 16.3. The topological polar surface area (TPSA) is 130 Å². The van der Waals surface area contributed by atoms with Crippen LogP contribution in [0.15, 0.2) is 42.7 Å². The summed E-state index contributed by atoms with van der Waals surface area (Å²) in [6.45, 7) is 11.2. The van der Waals surface area contributed by atoms with Crippen molar-refractivity contribution in [3.63, 3.8) is 0 Å². The number of hydrogen-bond acceptors (Lipinski definition) is 10. The van der Waals surface area contributed by atoms with Crippen molar-refractivity contribution in [2.24, 2.45) is 0 Å². The molecule has 3 heterocycles. The van der Waals surface area contributed by atoms with Crippen molar-refractivity contribution in [1.29, 1.82) is 0 Å². The largest absolute Gasteiger partial charge is 0.467 e. The number of aromatic nitrogens is 4. The number of para-hydroxylation sites is 1. The van der Waals surface area contributed by atoms with E-state index in [2.05, 4.69) is 20.2 Å². The molecule has 40 heavy (non-hydrogen) atoms. The van der Waals surface area contributed by atoms with Gasteiger partial charge in [0.1, 0.15) is 11.4 Å². The molecule has 12 heteroatoms. The number of benzene rings is 1. The molecule has 0 saturated carbocycles. The van der Waals surface area contributed by atoms with Crippen LogP contribution in [0.25, 0.3) is 22.4 Å². The first-order valence-corrected chi connectivity index (χ1v) is 13.4. The van der Waals surface area contributed by atoms with Crippen molar-refractivity contribution in [3.05, 3.63) is 42.7 Å². The van der Waals surface area contributed by atoms with E-state index in [1.54, 1.807) is 18.2 Å². The lowest BCUT2D eigenvalue weighted by Gasteiger charge is -2.35. The first-order valence-electron chi connectivity index (χ1n) is 13.4. The fraction of sp³-hybridized carbons (Fsp3) is 0.500. The Morgan fingerprint density at radius 1 is 1.02 bits per heavy atom. The summed E-state index contributed by atoms with van der Waals surface area (Å²) >= 11 is 0. The maximum atomic E-state index is 12.2. The highest BCUT2D eigenvalue weighted by Gasteiger charge is 2.25. The van der Waals surface area contributed by atoms with Crippen LogP contribution < -0.4 is 10.5 Å². The smallest absolute Gasteiger partial charge is 0.410 e. The normalized spacial score (nSPS) is 14.3. The van der Waals surface area contributed by atoms with Gasteiger partial charge in [-0.2, -0.15) is 5.10 Å². The molecular weight excluding hydrogens is 514 g/mol. The molecule has 1 aliphatic rings. The molecule has 4 rings (SSSR count). The Labute approximate surface area is 235 Å². The molecule has 0 unspecified atom stereocenters. The number of nitrogen functional groups attached to an aromatic ring is 1. The fourth-order valence-electron chi connectivity index (χ4n) is 4.25. The molecule has 2 N–H and O–H groups in total. The standard InChI is InChI=1S/C28H39N7O5/c1-28(2,3)40-27(36)34-11-9-33(10-12-34)13-15-38-16-14-35-19-21(18-30-35)23-17-24(31-32-26(23)29)22-7-5-6-8-25(22)39-20-37-4/h5-8,17-19H,9-16,20H2,1-4H3,(H2,29,32). The number of anilines is 1. The van der Waals surface area contributed by atoms with E-state index in [1.165, 1.54) is 0 Å². The monoisotopic (exact) mass is 553 g/mol. The SMILES string of the molecule is COCOc1ccccc1-c1cc(-c2cnn(CCOCCN3CCN(C(=O)OC(C)(C)C)CC3)c2)c(N)nn1. The summed E-state index contributed by atoms with van der Waals surface area (Å²) in [5.74, 6) is 0.966. The summed E-state index contributed by atoms with van der Waals surface area (Å²) in [5, 5.41) is 12.9. The van der Waals surface area contributed by atoms with E-state index >= 15 is 0 Å². The van der Waals surface area contributed by atoms with Gasteiger partial charge >= 0.3 is 6.09 Å². The minimum absolute atomic E-state index is 0.131. The molecule has 0 radical (unpaired) electrons. The number of nitrogens with two attached hydrogens (primary N) is 1. The lowest BCUT2D eigenvalue weighted by atomic mass is 10.1. The quantitative estimate of drug-likeness (QED) is 0.279. The molecule has 1 fully saturated rings. The van der Waals surface area contributed by atoms with Crippen molar-refractivity contribution in [3.8, 4) is 28.1 Å². The lowest BCUT2D eigenvalue weighted by molar-refractivity contribution is 0.0114. The van der Waals surface area contributed by atoms with Crippen LogP contribution in [0.3, 0.4) is 0 Å². The van der Waals surface area contributed by atoms with Crippen molar-refractivity contribution in [2.45, 2.75) is 32.9 Å². The van der Waals surface area contributed by atoms with E-state index in [0.29, 0.717) is 50.1 Å². The average molecular weight is 554 g/mol. The van der Waals surface area contributed by atoms with Gasteiger partial charge in [0.2, 0.25) is 0 Å². The zero-order valence-corrected chi connectivity index (χ0v) is 23.7. The maximum absolute atomic E-state index is 12.2. The Balaban J connectivity index is 1.24. The van der Waals surface area contributed by atoms with E-state index in [0.717, 1.165) is 36.3 Å². The van der Waals surface area contributed by atoms with Crippen LogP contribution in [0.2, 0.25) is 0 Å². The van der Waals surface area contributed by atoms with Crippen LogP contribution in [0.1, 0.15) is 20.8 Å². The van der Waals surface area contributed by atoms with Crippen LogP contribution in [0.4, 0.5) is 10.6 Å². The number of carbonyl (C=O) groups excluding carboxylic acids is 1. The number of carbonyl (C=O) groups is 1. The van der Waals surface area contributed by atoms with E-state index in [9.17, 15) is 4.79 Å². The molecule has 1 aliphatic heterocycles. The third-order valence-corrected chi connectivity index (χ3v) is 6.30. The van der Waals surface area contributed by atoms with Gasteiger partial charge in [-0.1, -0.05) is 12.1 Å². The minimum Gasteiger partial charge on any atom is -0.467 e. The molecule has 0 aliphatic carbocycles. The number of nitrogens with zero attached hydrogens (tertiary/aromatic N) is 6. The molecule has 2 aromatic heterocycles. The van der Waals surface area contributed by atoms with Crippen molar-refractivity contribution in [2.75, 3.05) is 65.6 Å². The molecule has 0 atom stereocenters. The van der Waals surface area contributed by atoms with Gasteiger partial charge in [-0.05, 0) is 39.0 Å². The van der Waals surface area contributed by atoms with Crippen molar-refractivity contribution < 1.29 is 23.7 Å². The molecule has 0 spiro atoms. The molecule has 0 bridgehead atoms. The summed E-state index contributed by atoms with van der Waals surface area (Å²) in [7, 11) is 1.57. The van der Waals surface area contributed by atoms with Gasteiger partial charge in [-0.25, -0.2) is 4.79 Å². The minimum atomic E-state index is -0.478. The second kappa shape index (κ2) is 13.6. The number of methoxy groups -OCH3 is 1. The third-order valence-electron chi connectivity index (χ3n) is 6.30. The Hall–Kier alpha value is -3.74. The predicted molar refractivity (Wildman–Crippen MR) is 151 cm³/mol. The van der Waals surface area contributed by atoms with E-state index in [1.807, 2.05) is 62.0 Å². The van der Waals surface area contributed by atoms with Crippen LogP contribution in [-0.2, 0) is 20.8 Å². The summed E-state index contributed by atoms with van der Waals surface area (Å²) in [5.41, 5.74) is 8.70. The van der Waals surface area contributed by atoms with Crippen LogP contribution in [0, 0.1) is 0 Å². The highest BCUT2D eigenvalue weighted by Crippen LogP contribution is 2.32. The second-order valence-electron chi connectivity index (χ2n) is 10.5. The van der Waals surface area contributed by atoms with Gasteiger partial charge in [0.05, 0.1) is 31.6 Å². The van der Waals surface area contributed by atoms with Gasteiger partial charge in [-0.3, -0.25) is 9.58 Å². The molecule has 1 saturated heterocycles. The van der Waals surface area contributed by atoms with Gasteiger partial charge in [0.15, 0.2) is 12.6 Å². The molecule has 1 aromatic carbocycles. The molecule has 12 nitrogen and oxygen atoms in total. The number of hydrogen-bond donors (Lipinski definition) is 1.